The largest absolute Gasteiger partial charge is 0.336 e. The number of rotatable bonds is 5. The number of fused-ring (bicyclic) bond motifs is 2. The van der Waals surface area contributed by atoms with Gasteiger partial charge in [0.05, 0.1) is 27.8 Å². The van der Waals surface area contributed by atoms with E-state index >= 15 is 0 Å². The molecule has 176 valence electrons. The number of anilines is 1. The minimum absolute atomic E-state index is 0.0774. The third kappa shape index (κ3) is 4.90. The van der Waals surface area contributed by atoms with Gasteiger partial charge in [0, 0.05) is 31.6 Å². The SMILES string of the molecule is N[C@@H](CC(=O)N1C[C@H]2C[C@H]1CN2C(=O)Nc1cccc(Cl)c1Cl)Cc1cc(F)c(F)cc1F. The Kier molecular flexibility index (Phi) is 6.74. The molecule has 3 atom stereocenters. The van der Waals surface area contributed by atoms with E-state index in [1.165, 1.54) is 0 Å². The first-order valence-electron chi connectivity index (χ1n) is 10.3. The lowest BCUT2D eigenvalue weighted by Gasteiger charge is -2.34. The Labute approximate surface area is 198 Å². The minimum atomic E-state index is -1.28. The second-order valence-electron chi connectivity index (χ2n) is 8.30. The molecule has 2 bridgehead atoms. The van der Waals surface area contributed by atoms with Crippen molar-refractivity contribution < 1.29 is 22.8 Å². The molecule has 2 saturated heterocycles. The highest BCUT2D eigenvalue weighted by Crippen LogP contribution is 2.34. The normalized spacial score (nSPS) is 20.3. The molecular weight excluding hydrogens is 480 g/mol. The number of nitrogens with zero attached hydrogens (tertiary/aromatic N) is 2. The molecule has 3 N–H and O–H groups in total. The standard InChI is InChI=1S/C22H21Cl2F3N4O2/c23-15-2-1-3-19(21(15)24)29-22(33)31-10-13-7-14(31)9-30(13)20(32)6-12(28)4-11-5-17(26)18(27)8-16(11)25/h1-3,5,8,12-14H,4,6-7,9-10,28H2,(H,29,33)/t12-,13+,14-/m1/s1. The predicted octanol–water partition coefficient (Wildman–Crippen LogP) is 4.19. The van der Waals surface area contributed by atoms with Gasteiger partial charge in [0.1, 0.15) is 5.82 Å². The van der Waals surface area contributed by atoms with Gasteiger partial charge in [0.25, 0.3) is 0 Å². The average Bonchev–Trinajstić information content (AvgIpc) is 3.36. The van der Waals surface area contributed by atoms with Crippen molar-refractivity contribution in [2.24, 2.45) is 5.73 Å². The summed E-state index contributed by atoms with van der Waals surface area (Å²) in [6.07, 6.45) is 0.451. The number of hydrogen-bond donors (Lipinski definition) is 2. The van der Waals surface area contributed by atoms with Crippen LogP contribution in [0.1, 0.15) is 18.4 Å². The molecule has 2 fully saturated rings. The summed E-state index contributed by atoms with van der Waals surface area (Å²) in [7, 11) is 0. The lowest BCUT2D eigenvalue weighted by Crippen LogP contribution is -2.52. The van der Waals surface area contributed by atoms with Gasteiger partial charge in [0.2, 0.25) is 5.91 Å². The molecule has 0 spiro atoms. The van der Waals surface area contributed by atoms with Crippen LogP contribution in [0, 0.1) is 17.5 Å². The van der Waals surface area contributed by atoms with Gasteiger partial charge in [-0.15, -0.1) is 0 Å². The number of nitrogens with one attached hydrogen (secondary N) is 1. The van der Waals surface area contributed by atoms with Crippen molar-refractivity contribution in [1.82, 2.24) is 9.80 Å². The molecule has 0 aliphatic carbocycles. The highest BCUT2D eigenvalue weighted by atomic mass is 35.5. The van der Waals surface area contributed by atoms with Gasteiger partial charge in [-0.1, -0.05) is 29.3 Å². The van der Waals surface area contributed by atoms with Crippen LogP contribution in [0.5, 0.6) is 0 Å². The fraction of sp³-hybridized carbons (Fsp3) is 0.364. The summed E-state index contributed by atoms with van der Waals surface area (Å²) in [4.78, 5) is 28.8. The van der Waals surface area contributed by atoms with E-state index < -0.39 is 23.5 Å². The molecular formula is C22H21Cl2F3N4O2. The molecule has 0 saturated carbocycles. The quantitative estimate of drug-likeness (QED) is 0.604. The zero-order valence-corrected chi connectivity index (χ0v) is 18.8. The molecule has 2 aromatic rings. The van der Waals surface area contributed by atoms with Crippen molar-refractivity contribution in [2.75, 3.05) is 18.4 Å². The Hall–Kier alpha value is -2.49. The molecule has 4 rings (SSSR count). The molecule has 0 unspecified atom stereocenters. The summed E-state index contributed by atoms with van der Waals surface area (Å²) < 4.78 is 40.3. The number of halogens is 5. The molecule has 33 heavy (non-hydrogen) atoms. The fourth-order valence-electron chi connectivity index (χ4n) is 4.42. The summed E-state index contributed by atoms with van der Waals surface area (Å²) in [6, 6.07) is 4.76. The van der Waals surface area contributed by atoms with E-state index in [9.17, 15) is 22.8 Å². The number of amides is 3. The summed E-state index contributed by atoms with van der Waals surface area (Å²) >= 11 is 12.1. The van der Waals surface area contributed by atoms with Crippen LogP contribution < -0.4 is 11.1 Å². The smallest absolute Gasteiger partial charge is 0.322 e. The van der Waals surface area contributed by atoms with Crippen LogP contribution in [0.2, 0.25) is 10.0 Å². The molecule has 11 heteroatoms. The van der Waals surface area contributed by atoms with Crippen LogP contribution in [-0.4, -0.2) is 53.0 Å². The van der Waals surface area contributed by atoms with Crippen molar-refractivity contribution in [1.29, 1.82) is 0 Å². The Balaban J connectivity index is 1.32. The van der Waals surface area contributed by atoms with Crippen LogP contribution in [0.3, 0.4) is 0 Å². The molecule has 3 amide bonds. The van der Waals surface area contributed by atoms with E-state index in [2.05, 4.69) is 5.32 Å². The molecule has 0 aromatic heterocycles. The molecule has 2 aliphatic heterocycles. The Bertz CT molecular complexity index is 1100. The van der Waals surface area contributed by atoms with Crippen molar-refractivity contribution in [3.05, 3.63) is 63.4 Å². The van der Waals surface area contributed by atoms with Crippen LogP contribution in [-0.2, 0) is 11.2 Å². The van der Waals surface area contributed by atoms with Crippen molar-refractivity contribution in [2.45, 2.75) is 37.4 Å². The van der Waals surface area contributed by atoms with Crippen molar-refractivity contribution in [3.63, 3.8) is 0 Å². The molecule has 2 aliphatic rings. The van der Waals surface area contributed by atoms with Gasteiger partial charge in [-0.2, -0.15) is 0 Å². The van der Waals surface area contributed by atoms with E-state index in [-0.39, 0.29) is 47.4 Å². The second kappa shape index (κ2) is 9.40. The van der Waals surface area contributed by atoms with E-state index in [4.69, 9.17) is 28.9 Å². The van der Waals surface area contributed by atoms with Gasteiger partial charge in [-0.3, -0.25) is 4.79 Å². The molecule has 2 aromatic carbocycles. The summed E-state index contributed by atoms with van der Waals surface area (Å²) in [5.41, 5.74) is 6.31. The maximum atomic E-state index is 13.9. The van der Waals surface area contributed by atoms with Crippen LogP contribution in [0.25, 0.3) is 0 Å². The van der Waals surface area contributed by atoms with Crippen LogP contribution in [0.4, 0.5) is 23.7 Å². The molecule has 6 nitrogen and oxygen atoms in total. The second-order valence-corrected chi connectivity index (χ2v) is 9.08. The van der Waals surface area contributed by atoms with Gasteiger partial charge in [-0.05, 0) is 36.6 Å². The number of likely N-dealkylation sites (tertiary alicyclic amines) is 2. The van der Waals surface area contributed by atoms with Crippen molar-refractivity contribution >= 4 is 40.8 Å². The zero-order valence-electron chi connectivity index (χ0n) is 17.3. The van der Waals surface area contributed by atoms with Crippen LogP contribution in [0.15, 0.2) is 30.3 Å². The monoisotopic (exact) mass is 500 g/mol. The maximum absolute atomic E-state index is 13.9. The van der Waals surface area contributed by atoms with Gasteiger partial charge in [0.15, 0.2) is 11.6 Å². The summed E-state index contributed by atoms with van der Waals surface area (Å²) in [6.45, 7) is 0.708. The highest BCUT2D eigenvalue weighted by molar-refractivity contribution is 6.43. The van der Waals surface area contributed by atoms with Crippen LogP contribution >= 0.6 is 23.2 Å². The Morgan fingerprint density at radius 3 is 2.42 bits per heavy atom. The number of carbonyl (C=O) groups excluding carboxylic acids is 2. The van der Waals surface area contributed by atoms with Gasteiger partial charge < -0.3 is 20.9 Å². The first-order valence-corrected chi connectivity index (χ1v) is 11.1. The third-order valence-corrected chi connectivity index (χ3v) is 6.84. The van der Waals surface area contributed by atoms with Gasteiger partial charge >= 0.3 is 6.03 Å². The Morgan fingerprint density at radius 1 is 1.06 bits per heavy atom. The van der Waals surface area contributed by atoms with Gasteiger partial charge in [-0.25, -0.2) is 18.0 Å². The Morgan fingerprint density at radius 2 is 1.73 bits per heavy atom. The third-order valence-electron chi connectivity index (χ3n) is 6.02. The zero-order chi connectivity index (χ0) is 23.9. The molecule has 0 radical (unpaired) electrons. The number of nitrogens with two attached hydrogens (primary N) is 1. The van der Waals surface area contributed by atoms with E-state index in [0.29, 0.717) is 36.3 Å². The van der Waals surface area contributed by atoms with E-state index in [1.54, 1.807) is 28.0 Å². The maximum Gasteiger partial charge on any atom is 0.322 e. The average molecular weight is 501 g/mol. The summed E-state index contributed by atoms with van der Waals surface area (Å²) in [5.74, 6) is -3.58. The number of benzene rings is 2. The topological polar surface area (TPSA) is 78.7 Å². The van der Waals surface area contributed by atoms with Crippen molar-refractivity contribution in [3.8, 4) is 0 Å². The first-order chi connectivity index (χ1) is 15.6. The number of hydrogen-bond acceptors (Lipinski definition) is 3. The number of urea groups is 1. The summed E-state index contributed by atoms with van der Waals surface area (Å²) in [5, 5.41) is 3.33. The van der Waals surface area contributed by atoms with E-state index in [0.717, 1.165) is 6.07 Å². The fourth-order valence-corrected chi connectivity index (χ4v) is 4.77. The lowest BCUT2D eigenvalue weighted by atomic mass is 10.0. The molecule has 2 heterocycles. The minimum Gasteiger partial charge on any atom is -0.336 e. The lowest BCUT2D eigenvalue weighted by molar-refractivity contribution is -0.133. The number of carbonyl (C=O) groups is 2. The highest BCUT2D eigenvalue weighted by Gasteiger charge is 2.47. The number of piperazine rings is 1. The van der Waals surface area contributed by atoms with E-state index in [1.807, 2.05) is 0 Å². The predicted molar refractivity (Wildman–Crippen MR) is 119 cm³/mol. The first kappa shape index (κ1) is 23.7.